The Hall–Kier alpha value is -1.30. The molecule has 1 fully saturated rings. The Morgan fingerprint density at radius 2 is 1.27 bits per heavy atom. The molecule has 0 heteroatoms. The van der Waals surface area contributed by atoms with Crippen molar-refractivity contribution in [1.82, 2.24) is 0 Å². The number of hydrogen-bond donors (Lipinski definition) is 0. The third-order valence-corrected chi connectivity index (χ3v) is 7.53. The van der Waals surface area contributed by atoms with Crippen LogP contribution >= 0.6 is 0 Å². The third-order valence-electron chi connectivity index (χ3n) is 7.53. The standard InChI is InChI=1S/C30H46/c1-3-5-7-9-10-12-14-26-17-20-30-24-29(22-21-28(30)23-26)27-18-15-25(16-19-27)13-11-8-6-4-2/h17,20-25,27H,3-16,18-19H2,1-2H3/t25-,27-. The lowest BCUT2D eigenvalue weighted by atomic mass is 9.76. The van der Waals surface area contributed by atoms with Gasteiger partial charge in [-0.15, -0.1) is 0 Å². The third kappa shape index (κ3) is 7.44. The van der Waals surface area contributed by atoms with Crippen LogP contribution in [0.25, 0.3) is 10.8 Å². The molecule has 0 aliphatic heterocycles. The van der Waals surface area contributed by atoms with Crippen LogP contribution in [-0.4, -0.2) is 0 Å². The van der Waals surface area contributed by atoms with Crippen molar-refractivity contribution in [3.8, 4) is 0 Å². The van der Waals surface area contributed by atoms with E-state index < -0.39 is 0 Å². The fraction of sp³-hybridized carbons (Fsp3) is 0.667. The predicted molar refractivity (Wildman–Crippen MR) is 134 cm³/mol. The molecule has 0 radical (unpaired) electrons. The molecule has 1 saturated carbocycles. The maximum Gasteiger partial charge on any atom is -0.0162 e. The van der Waals surface area contributed by atoms with E-state index in [9.17, 15) is 0 Å². The minimum atomic E-state index is 0.795. The van der Waals surface area contributed by atoms with E-state index in [4.69, 9.17) is 0 Å². The average molecular weight is 407 g/mol. The molecule has 3 rings (SSSR count). The zero-order valence-corrected chi connectivity index (χ0v) is 19.9. The number of fused-ring (bicyclic) bond motifs is 1. The Morgan fingerprint density at radius 3 is 2.03 bits per heavy atom. The van der Waals surface area contributed by atoms with E-state index in [2.05, 4.69) is 50.2 Å². The molecule has 0 spiro atoms. The van der Waals surface area contributed by atoms with Crippen molar-refractivity contribution in [3.05, 3.63) is 47.5 Å². The molecule has 1 aliphatic rings. The highest BCUT2D eigenvalue weighted by molar-refractivity contribution is 5.84. The number of hydrogen-bond acceptors (Lipinski definition) is 0. The summed E-state index contributed by atoms with van der Waals surface area (Å²) in [6.45, 7) is 4.60. The van der Waals surface area contributed by atoms with Crippen molar-refractivity contribution in [2.75, 3.05) is 0 Å². The van der Waals surface area contributed by atoms with Crippen molar-refractivity contribution < 1.29 is 0 Å². The minimum absolute atomic E-state index is 0.795. The highest BCUT2D eigenvalue weighted by atomic mass is 14.3. The summed E-state index contributed by atoms with van der Waals surface area (Å²) >= 11 is 0. The Balaban J connectivity index is 1.46. The lowest BCUT2D eigenvalue weighted by molar-refractivity contribution is 0.302. The molecule has 0 aromatic heterocycles. The maximum absolute atomic E-state index is 2.50. The lowest BCUT2D eigenvalue weighted by Crippen LogP contribution is -2.13. The van der Waals surface area contributed by atoms with Gasteiger partial charge in [-0.25, -0.2) is 0 Å². The van der Waals surface area contributed by atoms with Gasteiger partial charge in [-0.3, -0.25) is 0 Å². The van der Waals surface area contributed by atoms with E-state index in [1.165, 1.54) is 119 Å². The lowest BCUT2D eigenvalue weighted by Gasteiger charge is -2.29. The minimum Gasteiger partial charge on any atom is -0.0654 e. The molecule has 0 amide bonds. The fourth-order valence-corrected chi connectivity index (χ4v) is 5.48. The Labute approximate surface area is 186 Å². The van der Waals surface area contributed by atoms with Crippen LogP contribution < -0.4 is 0 Å². The number of benzene rings is 2. The van der Waals surface area contributed by atoms with Crippen molar-refractivity contribution in [3.63, 3.8) is 0 Å². The summed E-state index contributed by atoms with van der Waals surface area (Å²) < 4.78 is 0. The topological polar surface area (TPSA) is 0 Å². The van der Waals surface area contributed by atoms with Crippen LogP contribution in [-0.2, 0) is 6.42 Å². The molecule has 166 valence electrons. The van der Waals surface area contributed by atoms with Crippen LogP contribution in [0.15, 0.2) is 36.4 Å². The maximum atomic E-state index is 2.50. The van der Waals surface area contributed by atoms with Crippen LogP contribution in [0.4, 0.5) is 0 Å². The second kappa shape index (κ2) is 13.2. The van der Waals surface area contributed by atoms with Gasteiger partial charge in [0.1, 0.15) is 0 Å². The molecule has 0 heterocycles. The summed E-state index contributed by atoms with van der Waals surface area (Å²) in [5.41, 5.74) is 3.12. The first-order valence-electron chi connectivity index (χ1n) is 13.3. The van der Waals surface area contributed by atoms with Crippen LogP contribution in [0.3, 0.4) is 0 Å². The van der Waals surface area contributed by atoms with Gasteiger partial charge in [0.2, 0.25) is 0 Å². The van der Waals surface area contributed by atoms with Crippen molar-refractivity contribution in [1.29, 1.82) is 0 Å². The predicted octanol–water partition coefficient (Wildman–Crippen LogP) is 9.99. The van der Waals surface area contributed by atoms with E-state index in [1.807, 2.05) is 0 Å². The zero-order chi connectivity index (χ0) is 21.0. The number of rotatable bonds is 13. The molecule has 0 bridgehead atoms. The summed E-state index contributed by atoms with van der Waals surface area (Å²) in [5, 5.41) is 2.88. The molecule has 0 saturated heterocycles. The molecule has 0 unspecified atom stereocenters. The van der Waals surface area contributed by atoms with Crippen LogP contribution in [0, 0.1) is 5.92 Å². The summed E-state index contributed by atoms with van der Waals surface area (Å²) in [7, 11) is 0. The van der Waals surface area contributed by atoms with E-state index in [1.54, 1.807) is 5.56 Å². The van der Waals surface area contributed by atoms with Crippen molar-refractivity contribution >= 4 is 10.8 Å². The molecular formula is C30H46. The van der Waals surface area contributed by atoms with Crippen LogP contribution in [0.5, 0.6) is 0 Å². The number of unbranched alkanes of at least 4 members (excludes halogenated alkanes) is 8. The first kappa shape index (κ1) is 23.4. The normalized spacial score (nSPS) is 19.4. The zero-order valence-electron chi connectivity index (χ0n) is 19.9. The first-order chi connectivity index (χ1) is 14.8. The van der Waals surface area contributed by atoms with E-state index >= 15 is 0 Å². The van der Waals surface area contributed by atoms with Gasteiger partial charge in [-0.2, -0.15) is 0 Å². The molecule has 2 aromatic carbocycles. The van der Waals surface area contributed by atoms with Gasteiger partial charge in [0.05, 0.1) is 0 Å². The van der Waals surface area contributed by atoms with Gasteiger partial charge in [0.15, 0.2) is 0 Å². The molecule has 1 aliphatic carbocycles. The quantitative estimate of drug-likeness (QED) is 0.290. The second-order valence-corrected chi connectivity index (χ2v) is 10.0. The SMILES string of the molecule is CCCCCCCCc1ccc2cc([C@H]3CC[C@H](CCCCCC)CC3)ccc2c1. The average Bonchev–Trinajstić information content (AvgIpc) is 2.79. The van der Waals surface area contributed by atoms with Gasteiger partial charge < -0.3 is 0 Å². The van der Waals surface area contributed by atoms with Gasteiger partial charge in [0, 0.05) is 0 Å². The van der Waals surface area contributed by atoms with Gasteiger partial charge in [0.25, 0.3) is 0 Å². The largest absolute Gasteiger partial charge is 0.0654 e. The summed E-state index contributed by atoms with van der Waals surface area (Å²) in [6, 6.07) is 14.5. The fourth-order valence-electron chi connectivity index (χ4n) is 5.48. The second-order valence-electron chi connectivity index (χ2n) is 10.0. The molecular weight excluding hydrogens is 360 g/mol. The highest BCUT2D eigenvalue weighted by Gasteiger charge is 2.22. The number of aryl methyl sites for hydroxylation is 1. The Bertz CT molecular complexity index is 720. The molecule has 2 aromatic rings. The molecule has 0 N–H and O–H groups in total. The summed E-state index contributed by atoms with van der Waals surface area (Å²) in [4.78, 5) is 0. The van der Waals surface area contributed by atoms with Crippen LogP contribution in [0.1, 0.15) is 127 Å². The molecule has 0 atom stereocenters. The van der Waals surface area contributed by atoms with Gasteiger partial charge in [-0.05, 0) is 72.3 Å². The summed E-state index contributed by atoms with van der Waals surface area (Å²) in [6.07, 6.45) is 22.4. The van der Waals surface area contributed by atoms with Crippen molar-refractivity contribution in [2.45, 2.75) is 122 Å². The smallest absolute Gasteiger partial charge is 0.0162 e. The molecule has 30 heavy (non-hydrogen) atoms. The summed E-state index contributed by atoms with van der Waals surface area (Å²) in [5.74, 6) is 1.80. The van der Waals surface area contributed by atoms with Gasteiger partial charge >= 0.3 is 0 Å². The van der Waals surface area contributed by atoms with E-state index in [0.29, 0.717) is 0 Å². The van der Waals surface area contributed by atoms with Crippen molar-refractivity contribution in [2.24, 2.45) is 5.92 Å². The van der Waals surface area contributed by atoms with E-state index in [0.717, 1.165) is 11.8 Å². The highest BCUT2D eigenvalue weighted by Crippen LogP contribution is 2.38. The first-order valence-corrected chi connectivity index (χ1v) is 13.3. The van der Waals surface area contributed by atoms with E-state index in [-0.39, 0.29) is 0 Å². The van der Waals surface area contributed by atoms with Crippen LogP contribution in [0.2, 0.25) is 0 Å². The Morgan fingerprint density at radius 1 is 0.633 bits per heavy atom. The Kier molecular flexibility index (Phi) is 10.3. The molecule has 0 nitrogen and oxygen atoms in total. The van der Waals surface area contributed by atoms with Gasteiger partial charge in [-0.1, -0.05) is 114 Å². The monoisotopic (exact) mass is 406 g/mol.